The van der Waals surface area contributed by atoms with Gasteiger partial charge in [-0.25, -0.2) is 9.97 Å². The molecule has 1 aromatic heterocycles. The molecule has 6 heteroatoms. The van der Waals surface area contributed by atoms with Gasteiger partial charge >= 0.3 is 5.97 Å². The van der Waals surface area contributed by atoms with Crippen molar-refractivity contribution < 1.29 is 9.53 Å². The molecule has 1 fully saturated rings. The van der Waals surface area contributed by atoms with E-state index in [0.29, 0.717) is 29.6 Å². The van der Waals surface area contributed by atoms with E-state index in [-0.39, 0.29) is 0 Å². The number of carbonyl (C=O) groups is 1. The number of anilines is 1. The van der Waals surface area contributed by atoms with E-state index in [1.165, 1.54) is 0 Å². The summed E-state index contributed by atoms with van der Waals surface area (Å²) >= 11 is 0. The number of esters is 1. The Bertz CT molecular complexity index is 836. The fourth-order valence-electron chi connectivity index (χ4n) is 3.39. The Morgan fingerprint density at radius 2 is 1.81 bits per heavy atom. The molecule has 0 N–H and O–H groups in total. The molecule has 0 bridgehead atoms. The molecular weight excluding hydrogens is 340 g/mol. The number of ether oxygens (including phenoxy) is 1. The van der Waals surface area contributed by atoms with Crippen molar-refractivity contribution >= 4 is 22.8 Å². The number of aromatic nitrogens is 2. The van der Waals surface area contributed by atoms with E-state index < -0.39 is 11.9 Å². The number of carbonyl (C=O) groups excluding carboxylic acids is 1. The van der Waals surface area contributed by atoms with Gasteiger partial charge < -0.3 is 9.64 Å². The van der Waals surface area contributed by atoms with Crippen molar-refractivity contribution in [3.63, 3.8) is 0 Å². The highest BCUT2D eigenvalue weighted by atomic mass is 16.5. The van der Waals surface area contributed by atoms with Crippen LogP contribution in [-0.4, -0.2) is 35.6 Å². The van der Waals surface area contributed by atoms with Crippen molar-refractivity contribution in [1.29, 1.82) is 5.26 Å². The fourth-order valence-corrected chi connectivity index (χ4v) is 3.39. The fraction of sp³-hybridized carbons (Fsp3) is 0.524. The van der Waals surface area contributed by atoms with Crippen molar-refractivity contribution in [2.24, 2.45) is 5.92 Å². The summed E-state index contributed by atoms with van der Waals surface area (Å²) in [5.74, 6) is -0.646. The summed E-state index contributed by atoms with van der Waals surface area (Å²) in [6.07, 6.45) is 4.03. The van der Waals surface area contributed by atoms with Crippen LogP contribution < -0.4 is 4.90 Å². The Labute approximate surface area is 160 Å². The topological polar surface area (TPSA) is 79.1 Å². The summed E-state index contributed by atoms with van der Waals surface area (Å²) in [5, 5.41) is 9.73. The molecule has 0 radical (unpaired) electrons. The molecular formula is C21H26N4O2. The van der Waals surface area contributed by atoms with Gasteiger partial charge in [0.25, 0.3) is 0 Å². The minimum Gasteiger partial charge on any atom is -0.464 e. The first-order valence-corrected chi connectivity index (χ1v) is 9.75. The third-order valence-electron chi connectivity index (χ3n) is 5.24. The van der Waals surface area contributed by atoms with E-state index in [4.69, 9.17) is 9.72 Å². The quantitative estimate of drug-likeness (QED) is 0.693. The molecule has 6 nitrogen and oxygen atoms in total. The van der Waals surface area contributed by atoms with Gasteiger partial charge in [0.05, 0.1) is 23.7 Å². The number of nitrogens with zero attached hydrogens (tertiary/aromatic N) is 4. The van der Waals surface area contributed by atoms with Gasteiger partial charge in [-0.15, -0.1) is 0 Å². The average Bonchev–Trinajstić information content (AvgIpc) is 3.23. The maximum atomic E-state index is 12.7. The highest BCUT2D eigenvalue weighted by molar-refractivity contribution is 5.85. The zero-order valence-corrected chi connectivity index (χ0v) is 16.0. The van der Waals surface area contributed by atoms with Gasteiger partial charge in [-0.1, -0.05) is 38.8 Å². The Kier molecular flexibility index (Phi) is 6.23. The zero-order chi connectivity index (χ0) is 19.2. The minimum atomic E-state index is -1.06. The standard InChI is InChI=1S/C21H26N4O2/c1-3-15(4-2)14-27-21(26)16(13-22)19-20(25-11-7-8-12-25)24-18-10-6-5-9-17(18)23-19/h5-6,9-10,15-16H,3-4,7-8,11-12,14H2,1-2H3/t16-/m0/s1. The maximum Gasteiger partial charge on any atom is 0.329 e. The van der Waals surface area contributed by atoms with Crippen LogP contribution in [-0.2, 0) is 9.53 Å². The second kappa shape index (κ2) is 8.81. The van der Waals surface area contributed by atoms with Crippen LogP contribution in [0.3, 0.4) is 0 Å². The van der Waals surface area contributed by atoms with Gasteiger partial charge in [-0.3, -0.25) is 4.79 Å². The monoisotopic (exact) mass is 366 g/mol. The Hall–Kier alpha value is -2.68. The van der Waals surface area contributed by atoms with Crippen molar-refractivity contribution in [1.82, 2.24) is 9.97 Å². The highest BCUT2D eigenvalue weighted by Gasteiger charge is 2.31. The Morgan fingerprint density at radius 3 is 2.41 bits per heavy atom. The van der Waals surface area contributed by atoms with Crippen LogP contribution in [0.5, 0.6) is 0 Å². The third-order valence-corrected chi connectivity index (χ3v) is 5.24. The van der Waals surface area contributed by atoms with E-state index in [1.54, 1.807) is 0 Å². The van der Waals surface area contributed by atoms with Crippen LogP contribution in [0.25, 0.3) is 11.0 Å². The summed E-state index contributed by atoms with van der Waals surface area (Å²) in [5.41, 5.74) is 1.86. The number of benzene rings is 1. The molecule has 0 aliphatic carbocycles. The van der Waals surface area contributed by atoms with Crippen molar-refractivity contribution in [2.45, 2.75) is 45.4 Å². The molecule has 1 aliphatic heterocycles. The first-order valence-electron chi connectivity index (χ1n) is 9.75. The number of hydrogen-bond donors (Lipinski definition) is 0. The van der Waals surface area contributed by atoms with Gasteiger partial charge in [0, 0.05) is 13.1 Å². The van der Waals surface area contributed by atoms with Crippen molar-refractivity contribution in [2.75, 3.05) is 24.6 Å². The van der Waals surface area contributed by atoms with Gasteiger partial charge in [0.1, 0.15) is 5.69 Å². The molecule has 142 valence electrons. The summed E-state index contributed by atoms with van der Waals surface area (Å²) in [4.78, 5) is 24.2. The summed E-state index contributed by atoms with van der Waals surface area (Å²) in [6, 6.07) is 9.65. The Morgan fingerprint density at radius 1 is 1.19 bits per heavy atom. The van der Waals surface area contributed by atoms with Crippen LogP contribution in [0.2, 0.25) is 0 Å². The molecule has 2 aromatic rings. The molecule has 0 amide bonds. The van der Waals surface area contributed by atoms with Crippen LogP contribution in [0.1, 0.15) is 51.1 Å². The average molecular weight is 366 g/mol. The zero-order valence-electron chi connectivity index (χ0n) is 16.0. The molecule has 2 heterocycles. The van der Waals surface area contributed by atoms with Gasteiger partial charge in [0.2, 0.25) is 0 Å². The molecule has 1 atom stereocenters. The first-order chi connectivity index (χ1) is 13.2. The molecule has 3 rings (SSSR count). The second-order valence-corrected chi connectivity index (χ2v) is 6.99. The number of rotatable bonds is 7. The van der Waals surface area contributed by atoms with Gasteiger partial charge in [-0.05, 0) is 30.9 Å². The first kappa shape index (κ1) is 19.1. The maximum absolute atomic E-state index is 12.7. The molecule has 0 saturated carbocycles. The normalized spacial score (nSPS) is 15.1. The van der Waals surface area contributed by atoms with Crippen LogP contribution >= 0.6 is 0 Å². The van der Waals surface area contributed by atoms with E-state index in [2.05, 4.69) is 29.8 Å². The molecule has 1 aliphatic rings. The second-order valence-electron chi connectivity index (χ2n) is 6.99. The van der Waals surface area contributed by atoms with Crippen molar-refractivity contribution in [3.8, 4) is 6.07 Å². The number of para-hydroxylation sites is 2. The predicted molar refractivity (Wildman–Crippen MR) is 104 cm³/mol. The number of hydrogen-bond acceptors (Lipinski definition) is 6. The molecule has 1 aromatic carbocycles. The predicted octanol–water partition coefficient (Wildman–Crippen LogP) is 3.82. The smallest absolute Gasteiger partial charge is 0.329 e. The number of fused-ring (bicyclic) bond motifs is 1. The lowest BCUT2D eigenvalue weighted by atomic mass is 10.0. The summed E-state index contributed by atoms with van der Waals surface area (Å²) in [6.45, 7) is 6.21. The van der Waals surface area contributed by atoms with E-state index in [9.17, 15) is 10.1 Å². The van der Waals surface area contributed by atoms with E-state index in [0.717, 1.165) is 44.3 Å². The molecule has 0 unspecified atom stereocenters. The van der Waals surface area contributed by atoms with E-state index in [1.807, 2.05) is 24.3 Å². The molecule has 0 spiro atoms. The lowest BCUT2D eigenvalue weighted by molar-refractivity contribution is -0.145. The largest absolute Gasteiger partial charge is 0.464 e. The summed E-state index contributed by atoms with van der Waals surface area (Å²) in [7, 11) is 0. The minimum absolute atomic E-state index is 0.314. The van der Waals surface area contributed by atoms with Crippen molar-refractivity contribution in [3.05, 3.63) is 30.0 Å². The summed E-state index contributed by atoms with van der Waals surface area (Å²) < 4.78 is 5.48. The molecule has 27 heavy (non-hydrogen) atoms. The van der Waals surface area contributed by atoms with Crippen LogP contribution in [0, 0.1) is 17.2 Å². The lowest BCUT2D eigenvalue weighted by Crippen LogP contribution is -2.26. The Balaban J connectivity index is 1.95. The third kappa shape index (κ3) is 4.19. The van der Waals surface area contributed by atoms with E-state index >= 15 is 0 Å². The SMILES string of the molecule is CCC(CC)COC(=O)[C@@H](C#N)c1nc2ccccc2nc1N1CCCC1. The van der Waals surface area contributed by atoms with Gasteiger partial charge in [-0.2, -0.15) is 5.26 Å². The van der Waals surface area contributed by atoms with Crippen LogP contribution in [0.15, 0.2) is 24.3 Å². The van der Waals surface area contributed by atoms with Crippen LogP contribution in [0.4, 0.5) is 5.82 Å². The molecule has 1 saturated heterocycles. The highest BCUT2D eigenvalue weighted by Crippen LogP contribution is 2.30. The lowest BCUT2D eigenvalue weighted by Gasteiger charge is -2.22. The van der Waals surface area contributed by atoms with Gasteiger partial charge in [0.15, 0.2) is 11.7 Å². The number of nitriles is 1.